The van der Waals surface area contributed by atoms with E-state index in [-0.39, 0.29) is 11.4 Å². The minimum absolute atomic E-state index is 0.280. The van der Waals surface area contributed by atoms with E-state index in [1.54, 1.807) is 24.3 Å². The molecule has 2 nitrogen and oxygen atoms in total. The van der Waals surface area contributed by atoms with Gasteiger partial charge in [0.05, 0.1) is 33.5 Å². The van der Waals surface area contributed by atoms with Gasteiger partial charge in [-0.1, -0.05) is 36.4 Å². The van der Waals surface area contributed by atoms with E-state index in [4.69, 9.17) is 0 Å². The molecule has 152 valence electrons. The van der Waals surface area contributed by atoms with Gasteiger partial charge in [-0.15, -0.1) is 0 Å². The molecule has 0 fully saturated rings. The summed E-state index contributed by atoms with van der Waals surface area (Å²) in [5, 5.41) is 0. The summed E-state index contributed by atoms with van der Waals surface area (Å²) in [6, 6.07) is 15.7. The smallest absolute Gasteiger partial charge is 0.244 e. The number of hydrogen-bond donors (Lipinski definition) is 0. The first-order valence-corrected chi connectivity index (χ1v) is 8.75. The van der Waals surface area contributed by atoms with Gasteiger partial charge in [0.25, 0.3) is 0 Å². The first kappa shape index (κ1) is 19.9. The minimum Gasteiger partial charge on any atom is -0.244 e. The summed E-state index contributed by atoms with van der Waals surface area (Å²) in [6.45, 7) is 0. The van der Waals surface area contributed by atoms with Gasteiger partial charge in [0.1, 0.15) is 0 Å². The number of rotatable bonds is 2. The van der Waals surface area contributed by atoms with Gasteiger partial charge < -0.3 is 0 Å². The summed E-state index contributed by atoms with van der Waals surface area (Å²) in [6.07, 6.45) is -8.96. The van der Waals surface area contributed by atoms with Crippen LogP contribution in [0.3, 0.4) is 0 Å². The van der Waals surface area contributed by atoms with Gasteiger partial charge in [-0.2, -0.15) is 26.3 Å². The molecule has 0 N–H and O–H groups in total. The number of para-hydroxylation sites is 2. The van der Waals surface area contributed by atoms with E-state index in [0.717, 1.165) is 24.3 Å². The van der Waals surface area contributed by atoms with Crippen molar-refractivity contribution in [2.24, 2.45) is 0 Å². The van der Waals surface area contributed by atoms with E-state index < -0.39 is 23.5 Å². The third-order valence-electron chi connectivity index (χ3n) is 4.54. The van der Waals surface area contributed by atoms with Crippen LogP contribution >= 0.6 is 0 Å². The van der Waals surface area contributed by atoms with Crippen molar-refractivity contribution in [1.82, 2.24) is 9.97 Å². The fraction of sp³-hybridized carbons (Fsp3) is 0.0909. The molecule has 0 saturated carbocycles. The zero-order valence-electron chi connectivity index (χ0n) is 15.1. The Kier molecular flexibility index (Phi) is 4.72. The van der Waals surface area contributed by atoms with Crippen LogP contribution in [-0.2, 0) is 12.4 Å². The third-order valence-corrected chi connectivity index (χ3v) is 4.54. The van der Waals surface area contributed by atoms with Crippen molar-refractivity contribution >= 4 is 11.0 Å². The molecule has 0 aliphatic rings. The van der Waals surface area contributed by atoms with Crippen LogP contribution in [0.2, 0.25) is 0 Å². The number of hydrogen-bond acceptors (Lipinski definition) is 2. The molecule has 0 bridgehead atoms. The summed E-state index contributed by atoms with van der Waals surface area (Å²) in [4.78, 5) is 9.04. The lowest BCUT2D eigenvalue weighted by Gasteiger charge is -2.13. The normalized spacial score (nSPS) is 12.3. The predicted molar refractivity (Wildman–Crippen MR) is 100 cm³/mol. The Morgan fingerprint density at radius 1 is 0.467 bits per heavy atom. The molecule has 0 atom stereocenters. The van der Waals surface area contributed by atoms with Gasteiger partial charge in [-0.3, -0.25) is 0 Å². The van der Waals surface area contributed by atoms with E-state index in [1.165, 1.54) is 24.3 Å². The number of fused-ring (bicyclic) bond motifs is 1. The Morgan fingerprint density at radius 3 is 1.10 bits per heavy atom. The van der Waals surface area contributed by atoms with Crippen molar-refractivity contribution in [3.63, 3.8) is 0 Å². The van der Waals surface area contributed by atoms with Gasteiger partial charge in [0.2, 0.25) is 0 Å². The van der Waals surface area contributed by atoms with Crippen LogP contribution in [0.4, 0.5) is 26.3 Å². The standard InChI is InChI=1S/C22H12F6N2/c23-21(24,25)15-9-5-13(6-10-15)19-20(30-18-4-2-1-3-17(18)29-19)14-7-11-16(12-8-14)22(26,27)28/h1-12H. The maximum Gasteiger partial charge on any atom is 0.416 e. The van der Waals surface area contributed by atoms with Gasteiger partial charge in [0, 0.05) is 11.1 Å². The second-order valence-electron chi connectivity index (χ2n) is 6.56. The minimum atomic E-state index is -4.48. The van der Waals surface area contributed by atoms with Crippen LogP contribution < -0.4 is 0 Å². The largest absolute Gasteiger partial charge is 0.416 e. The van der Waals surface area contributed by atoms with Crippen LogP contribution in [0, 0.1) is 0 Å². The highest BCUT2D eigenvalue weighted by atomic mass is 19.4. The lowest BCUT2D eigenvalue weighted by Crippen LogP contribution is -2.05. The Morgan fingerprint density at radius 2 is 0.800 bits per heavy atom. The average molecular weight is 418 g/mol. The van der Waals surface area contributed by atoms with E-state index in [1.807, 2.05) is 0 Å². The molecule has 3 aromatic carbocycles. The molecule has 0 amide bonds. The molecule has 0 aliphatic heterocycles. The third kappa shape index (κ3) is 3.85. The lowest BCUT2D eigenvalue weighted by atomic mass is 10.0. The maximum atomic E-state index is 12.9. The molecular weight excluding hydrogens is 406 g/mol. The van der Waals surface area contributed by atoms with E-state index >= 15 is 0 Å². The molecule has 8 heteroatoms. The number of alkyl halides is 6. The Hall–Kier alpha value is -3.42. The first-order valence-electron chi connectivity index (χ1n) is 8.75. The second-order valence-corrected chi connectivity index (χ2v) is 6.56. The summed E-state index contributed by atoms with van der Waals surface area (Å²) in [7, 11) is 0. The van der Waals surface area contributed by atoms with Crippen molar-refractivity contribution in [2.75, 3.05) is 0 Å². The quantitative estimate of drug-likeness (QED) is 0.328. The molecule has 4 rings (SSSR count). The highest BCUT2D eigenvalue weighted by Crippen LogP contribution is 2.36. The average Bonchev–Trinajstić information content (AvgIpc) is 2.72. The molecule has 1 heterocycles. The molecule has 0 radical (unpaired) electrons. The van der Waals surface area contributed by atoms with Crippen molar-refractivity contribution in [1.29, 1.82) is 0 Å². The number of aromatic nitrogens is 2. The zero-order chi connectivity index (χ0) is 21.5. The lowest BCUT2D eigenvalue weighted by molar-refractivity contribution is -0.138. The molecule has 0 spiro atoms. The Balaban J connectivity index is 1.88. The maximum absolute atomic E-state index is 12.9. The highest BCUT2D eigenvalue weighted by molar-refractivity contribution is 5.86. The molecule has 0 saturated heterocycles. The molecule has 4 aromatic rings. The summed E-state index contributed by atoms with van der Waals surface area (Å²) in [5.41, 5.74) is 0.718. The van der Waals surface area contributed by atoms with E-state index in [9.17, 15) is 26.3 Å². The van der Waals surface area contributed by atoms with Crippen molar-refractivity contribution in [2.45, 2.75) is 12.4 Å². The Bertz CT molecular complexity index is 1100. The fourth-order valence-corrected chi connectivity index (χ4v) is 3.04. The number of benzene rings is 3. The zero-order valence-corrected chi connectivity index (χ0v) is 15.1. The molecule has 1 aromatic heterocycles. The summed E-state index contributed by atoms with van der Waals surface area (Å²) < 4.78 is 77.3. The van der Waals surface area contributed by atoms with Crippen LogP contribution in [0.25, 0.3) is 33.5 Å². The summed E-state index contributed by atoms with van der Waals surface area (Å²) >= 11 is 0. The highest BCUT2D eigenvalue weighted by Gasteiger charge is 2.31. The van der Waals surface area contributed by atoms with E-state index in [0.29, 0.717) is 22.2 Å². The monoisotopic (exact) mass is 418 g/mol. The van der Waals surface area contributed by atoms with E-state index in [2.05, 4.69) is 9.97 Å². The van der Waals surface area contributed by atoms with Crippen molar-refractivity contribution in [3.8, 4) is 22.5 Å². The van der Waals surface area contributed by atoms with Crippen LogP contribution in [0.5, 0.6) is 0 Å². The Labute approximate surface area is 166 Å². The number of halogens is 6. The molecule has 30 heavy (non-hydrogen) atoms. The summed E-state index contributed by atoms with van der Waals surface area (Å²) in [5.74, 6) is 0. The SMILES string of the molecule is FC(F)(F)c1ccc(-c2nc3ccccc3nc2-c2ccc(C(F)(F)F)cc2)cc1. The van der Waals surface area contributed by atoms with Crippen LogP contribution in [0.1, 0.15) is 11.1 Å². The van der Waals surface area contributed by atoms with Crippen molar-refractivity contribution in [3.05, 3.63) is 83.9 Å². The van der Waals surface area contributed by atoms with Gasteiger partial charge >= 0.3 is 12.4 Å². The van der Waals surface area contributed by atoms with Gasteiger partial charge in [-0.25, -0.2) is 9.97 Å². The first-order chi connectivity index (χ1) is 14.1. The molecular formula is C22H12F6N2. The van der Waals surface area contributed by atoms with Gasteiger partial charge in [-0.05, 0) is 36.4 Å². The van der Waals surface area contributed by atoms with Crippen LogP contribution in [0.15, 0.2) is 72.8 Å². The van der Waals surface area contributed by atoms with Gasteiger partial charge in [0.15, 0.2) is 0 Å². The second kappa shape index (κ2) is 7.12. The molecule has 0 unspecified atom stereocenters. The van der Waals surface area contributed by atoms with Crippen molar-refractivity contribution < 1.29 is 26.3 Å². The number of nitrogens with zero attached hydrogens (tertiary/aromatic N) is 2. The molecule has 0 aliphatic carbocycles. The topological polar surface area (TPSA) is 25.8 Å². The van der Waals surface area contributed by atoms with Crippen LogP contribution in [-0.4, -0.2) is 9.97 Å². The predicted octanol–water partition coefficient (Wildman–Crippen LogP) is 7.00. The fourth-order valence-electron chi connectivity index (χ4n) is 3.04.